The number of rotatable bonds is 4. The average Bonchev–Trinajstić information content (AvgIpc) is 2.80. The van der Waals surface area contributed by atoms with Gasteiger partial charge in [0.25, 0.3) is 0 Å². The number of benzene rings is 2. The van der Waals surface area contributed by atoms with E-state index in [1.54, 1.807) is 0 Å². The molecule has 0 spiro atoms. The molecule has 2 aliphatic heterocycles. The smallest absolute Gasteiger partial charge is 0.227 e. The monoisotopic (exact) mass is 387 g/mol. The molecule has 3 heterocycles. The first-order chi connectivity index (χ1) is 14.4. The third-order valence-electron chi connectivity index (χ3n) is 6.13. The lowest BCUT2D eigenvalue weighted by Crippen LogP contribution is -2.46. The first-order valence-corrected chi connectivity index (χ1v) is 10.9. The van der Waals surface area contributed by atoms with E-state index in [4.69, 9.17) is 9.97 Å². The fourth-order valence-electron chi connectivity index (χ4n) is 4.48. The summed E-state index contributed by atoms with van der Waals surface area (Å²) in [6.45, 7) is 7.27. The molecule has 0 amide bonds. The normalized spacial score (nSPS) is 18.3. The van der Waals surface area contributed by atoms with Crippen LogP contribution in [0.3, 0.4) is 0 Å². The Hall–Kier alpha value is -2.66. The third-order valence-corrected chi connectivity index (χ3v) is 6.13. The lowest BCUT2D eigenvalue weighted by atomic mass is 10.1. The van der Waals surface area contributed by atoms with Crippen molar-refractivity contribution < 1.29 is 0 Å². The van der Waals surface area contributed by atoms with Gasteiger partial charge in [-0.1, -0.05) is 42.5 Å². The number of piperidine rings is 1. The zero-order valence-electron chi connectivity index (χ0n) is 17.0. The van der Waals surface area contributed by atoms with Gasteiger partial charge < -0.3 is 9.80 Å². The van der Waals surface area contributed by atoms with Crippen molar-refractivity contribution in [2.45, 2.75) is 25.8 Å². The van der Waals surface area contributed by atoms with E-state index in [1.165, 1.54) is 30.2 Å². The molecular weight excluding hydrogens is 358 g/mol. The van der Waals surface area contributed by atoms with Gasteiger partial charge in [-0.25, -0.2) is 4.98 Å². The molecule has 2 saturated heterocycles. The Morgan fingerprint density at radius 2 is 1.38 bits per heavy atom. The quantitative estimate of drug-likeness (QED) is 0.678. The lowest BCUT2D eigenvalue weighted by molar-refractivity contribution is 0.249. The van der Waals surface area contributed by atoms with E-state index in [2.05, 4.69) is 69.3 Å². The second kappa shape index (κ2) is 8.37. The van der Waals surface area contributed by atoms with Crippen LogP contribution in [0.5, 0.6) is 0 Å². The van der Waals surface area contributed by atoms with Gasteiger partial charge in [0.05, 0.1) is 5.52 Å². The maximum Gasteiger partial charge on any atom is 0.227 e. The van der Waals surface area contributed by atoms with Gasteiger partial charge in [-0.15, -0.1) is 0 Å². The summed E-state index contributed by atoms with van der Waals surface area (Å²) < 4.78 is 0. The molecule has 2 aromatic carbocycles. The van der Waals surface area contributed by atoms with E-state index in [9.17, 15) is 0 Å². The van der Waals surface area contributed by atoms with Gasteiger partial charge in [0.1, 0.15) is 5.82 Å². The maximum absolute atomic E-state index is 5.08. The number of hydrogen-bond donors (Lipinski definition) is 0. The Bertz CT molecular complexity index is 944. The van der Waals surface area contributed by atoms with Gasteiger partial charge in [-0.2, -0.15) is 4.98 Å². The summed E-state index contributed by atoms with van der Waals surface area (Å²) in [6.07, 6.45) is 3.84. The van der Waals surface area contributed by atoms with E-state index >= 15 is 0 Å². The van der Waals surface area contributed by atoms with Gasteiger partial charge >= 0.3 is 0 Å². The van der Waals surface area contributed by atoms with Crippen LogP contribution in [-0.2, 0) is 6.54 Å². The molecule has 29 heavy (non-hydrogen) atoms. The SMILES string of the molecule is c1ccc(CN2CCN(c3nc(N4CCCCC4)c4ccccc4n3)CC2)cc1. The first-order valence-electron chi connectivity index (χ1n) is 10.9. The molecule has 0 unspecified atom stereocenters. The van der Waals surface area contributed by atoms with Gasteiger partial charge in [-0.05, 0) is 37.0 Å². The van der Waals surface area contributed by atoms with Gasteiger partial charge in [0.2, 0.25) is 5.95 Å². The summed E-state index contributed by atoms with van der Waals surface area (Å²) in [5.41, 5.74) is 2.44. The summed E-state index contributed by atoms with van der Waals surface area (Å²) in [5, 5.41) is 1.18. The Balaban J connectivity index is 1.35. The summed E-state index contributed by atoms with van der Waals surface area (Å²) in [6, 6.07) is 19.2. The molecule has 0 aliphatic carbocycles. The number of fused-ring (bicyclic) bond motifs is 1. The van der Waals surface area contributed by atoms with E-state index in [1.807, 2.05) is 0 Å². The number of anilines is 2. The van der Waals surface area contributed by atoms with Crippen molar-refractivity contribution >= 4 is 22.7 Å². The van der Waals surface area contributed by atoms with Crippen molar-refractivity contribution in [3.05, 3.63) is 60.2 Å². The number of piperazine rings is 1. The fraction of sp³-hybridized carbons (Fsp3) is 0.417. The van der Waals surface area contributed by atoms with Crippen molar-refractivity contribution in [1.82, 2.24) is 14.9 Å². The highest BCUT2D eigenvalue weighted by Gasteiger charge is 2.22. The number of hydrogen-bond acceptors (Lipinski definition) is 5. The minimum absolute atomic E-state index is 0.892. The number of aromatic nitrogens is 2. The summed E-state index contributed by atoms with van der Waals surface area (Å²) in [4.78, 5) is 17.4. The second-order valence-electron chi connectivity index (χ2n) is 8.16. The molecular formula is C24H29N5. The predicted octanol–water partition coefficient (Wildman–Crippen LogP) is 3.94. The zero-order valence-corrected chi connectivity index (χ0v) is 17.0. The Morgan fingerprint density at radius 3 is 2.17 bits per heavy atom. The van der Waals surface area contributed by atoms with Crippen LogP contribution < -0.4 is 9.80 Å². The maximum atomic E-state index is 5.08. The molecule has 0 radical (unpaired) electrons. The zero-order chi connectivity index (χ0) is 19.5. The van der Waals surface area contributed by atoms with Crippen LogP contribution in [-0.4, -0.2) is 54.1 Å². The Morgan fingerprint density at radius 1 is 0.655 bits per heavy atom. The molecule has 0 bridgehead atoms. The van der Waals surface area contributed by atoms with Gasteiger partial charge in [-0.3, -0.25) is 4.90 Å². The molecule has 1 aromatic heterocycles. The molecule has 3 aromatic rings. The van der Waals surface area contributed by atoms with Gasteiger partial charge in [0, 0.05) is 51.2 Å². The van der Waals surface area contributed by atoms with E-state index in [-0.39, 0.29) is 0 Å². The van der Waals surface area contributed by atoms with Crippen LogP contribution >= 0.6 is 0 Å². The molecule has 150 valence electrons. The second-order valence-corrected chi connectivity index (χ2v) is 8.16. The van der Waals surface area contributed by atoms with Crippen molar-refractivity contribution in [1.29, 1.82) is 0 Å². The molecule has 5 nitrogen and oxygen atoms in total. The molecule has 2 aliphatic rings. The van der Waals surface area contributed by atoms with E-state index in [0.29, 0.717) is 0 Å². The molecule has 2 fully saturated rings. The highest BCUT2D eigenvalue weighted by molar-refractivity contribution is 5.90. The van der Waals surface area contributed by atoms with Crippen LogP contribution in [0.4, 0.5) is 11.8 Å². The largest absolute Gasteiger partial charge is 0.356 e. The topological polar surface area (TPSA) is 35.5 Å². The minimum Gasteiger partial charge on any atom is -0.356 e. The standard InChI is InChI=1S/C24H29N5/c1-3-9-20(10-4-1)19-27-15-17-29(18-16-27)24-25-22-12-6-5-11-21(22)23(26-24)28-13-7-2-8-14-28/h1,3-6,9-12H,2,7-8,13-19H2. The third kappa shape index (κ3) is 4.06. The number of nitrogens with zero attached hydrogens (tertiary/aromatic N) is 5. The fourth-order valence-corrected chi connectivity index (χ4v) is 4.48. The highest BCUT2D eigenvalue weighted by atomic mass is 15.3. The van der Waals surface area contributed by atoms with Crippen molar-refractivity contribution in [2.24, 2.45) is 0 Å². The summed E-state index contributed by atoms with van der Waals surface area (Å²) >= 11 is 0. The first kappa shape index (κ1) is 18.4. The summed E-state index contributed by atoms with van der Waals surface area (Å²) in [5.74, 6) is 2.01. The van der Waals surface area contributed by atoms with Crippen LogP contribution in [0.25, 0.3) is 10.9 Å². The summed E-state index contributed by atoms with van der Waals surface area (Å²) in [7, 11) is 0. The molecule has 5 rings (SSSR count). The Kier molecular flexibility index (Phi) is 5.31. The van der Waals surface area contributed by atoms with Gasteiger partial charge in [0.15, 0.2) is 0 Å². The van der Waals surface area contributed by atoms with Crippen molar-refractivity contribution in [2.75, 3.05) is 49.1 Å². The Labute approximate surface area is 173 Å². The number of para-hydroxylation sites is 1. The van der Waals surface area contributed by atoms with Crippen molar-refractivity contribution in [3.63, 3.8) is 0 Å². The highest BCUT2D eigenvalue weighted by Crippen LogP contribution is 2.29. The van der Waals surface area contributed by atoms with E-state index < -0.39 is 0 Å². The van der Waals surface area contributed by atoms with Crippen LogP contribution in [0.1, 0.15) is 24.8 Å². The average molecular weight is 388 g/mol. The van der Waals surface area contributed by atoms with Crippen LogP contribution in [0.2, 0.25) is 0 Å². The molecule has 5 heteroatoms. The van der Waals surface area contributed by atoms with Crippen LogP contribution in [0.15, 0.2) is 54.6 Å². The molecule has 0 saturated carbocycles. The van der Waals surface area contributed by atoms with Crippen LogP contribution in [0, 0.1) is 0 Å². The predicted molar refractivity (Wildman–Crippen MR) is 120 cm³/mol. The lowest BCUT2D eigenvalue weighted by Gasteiger charge is -2.35. The van der Waals surface area contributed by atoms with Crippen molar-refractivity contribution in [3.8, 4) is 0 Å². The molecule has 0 N–H and O–H groups in total. The van der Waals surface area contributed by atoms with E-state index in [0.717, 1.165) is 63.1 Å². The molecule has 0 atom stereocenters. The minimum atomic E-state index is 0.892.